The highest BCUT2D eigenvalue weighted by atomic mass is 32.1. The largest absolute Gasteiger partial charge is 0.490 e. The number of fused-ring (bicyclic) bond motifs is 1. The van der Waals surface area contributed by atoms with E-state index >= 15 is 0 Å². The second kappa shape index (κ2) is 5.51. The van der Waals surface area contributed by atoms with Crippen molar-refractivity contribution >= 4 is 22.9 Å². The van der Waals surface area contributed by atoms with Gasteiger partial charge in [-0.3, -0.25) is 4.79 Å². The van der Waals surface area contributed by atoms with Gasteiger partial charge in [-0.15, -0.1) is 11.3 Å². The van der Waals surface area contributed by atoms with Crippen LogP contribution >= 0.6 is 11.3 Å². The van der Waals surface area contributed by atoms with Gasteiger partial charge in [0.1, 0.15) is 12.4 Å². The Bertz CT molecular complexity index is 630. The number of hydrogen-bond acceptors (Lipinski definition) is 3. The number of thiophene rings is 1. The summed E-state index contributed by atoms with van der Waals surface area (Å²) < 4.78 is 5.48. The lowest BCUT2D eigenvalue weighted by atomic mass is 9.91. The minimum atomic E-state index is 0.0767. The van der Waals surface area contributed by atoms with Crippen molar-refractivity contribution in [2.24, 2.45) is 0 Å². The molecule has 20 heavy (non-hydrogen) atoms. The van der Waals surface area contributed by atoms with Crippen LogP contribution in [0, 0.1) is 0 Å². The van der Waals surface area contributed by atoms with E-state index in [2.05, 4.69) is 11.9 Å². The van der Waals surface area contributed by atoms with E-state index in [9.17, 15) is 4.79 Å². The third-order valence-electron chi connectivity index (χ3n) is 3.33. The maximum absolute atomic E-state index is 11.8. The van der Waals surface area contributed by atoms with Crippen molar-refractivity contribution < 1.29 is 9.53 Å². The van der Waals surface area contributed by atoms with Crippen molar-refractivity contribution in [1.29, 1.82) is 0 Å². The summed E-state index contributed by atoms with van der Waals surface area (Å²) in [6.45, 7) is 4.13. The quantitative estimate of drug-likeness (QED) is 0.868. The zero-order valence-corrected chi connectivity index (χ0v) is 11.8. The van der Waals surface area contributed by atoms with E-state index in [4.69, 9.17) is 4.74 Å². The third-order valence-corrected chi connectivity index (χ3v) is 4.36. The molecule has 3 rings (SSSR count). The molecule has 1 N–H and O–H groups in total. The lowest BCUT2D eigenvalue weighted by Crippen LogP contribution is -2.21. The first-order chi connectivity index (χ1) is 9.78. The van der Waals surface area contributed by atoms with E-state index in [-0.39, 0.29) is 11.8 Å². The van der Waals surface area contributed by atoms with Crippen LogP contribution in [0.15, 0.2) is 48.4 Å². The lowest BCUT2D eigenvalue weighted by molar-refractivity contribution is -0.116. The van der Waals surface area contributed by atoms with Crippen LogP contribution in [0.5, 0.6) is 5.75 Å². The molecule has 0 saturated carbocycles. The van der Waals surface area contributed by atoms with Gasteiger partial charge in [0.2, 0.25) is 5.91 Å². The van der Waals surface area contributed by atoms with Crippen LogP contribution in [0.3, 0.4) is 0 Å². The molecule has 4 heteroatoms. The number of anilines is 1. The summed E-state index contributed by atoms with van der Waals surface area (Å²) in [7, 11) is 0. The SMILES string of the molecule is C=CCOc1ccc(C2CC(=O)Nc3ccsc32)cc1. The number of carbonyl (C=O) groups excluding carboxylic acids is 1. The van der Waals surface area contributed by atoms with Gasteiger partial charge in [-0.25, -0.2) is 0 Å². The number of carbonyl (C=O) groups is 1. The first-order valence-corrected chi connectivity index (χ1v) is 7.37. The van der Waals surface area contributed by atoms with Crippen LogP contribution < -0.4 is 10.1 Å². The molecule has 0 saturated heterocycles. The van der Waals surface area contributed by atoms with E-state index in [1.807, 2.05) is 35.7 Å². The maximum atomic E-state index is 11.8. The Morgan fingerprint density at radius 1 is 1.35 bits per heavy atom. The van der Waals surface area contributed by atoms with Crippen molar-refractivity contribution in [3.05, 3.63) is 58.8 Å². The molecule has 0 aliphatic carbocycles. The summed E-state index contributed by atoms with van der Waals surface area (Å²) >= 11 is 1.69. The zero-order chi connectivity index (χ0) is 13.9. The summed E-state index contributed by atoms with van der Waals surface area (Å²) in [5.41, 5.74) is 2.10. The van der Waals surface area contributed by atoms with Crippen LogP contribution in [-0.4, -0.2) is 12.5 Å². The van der Waals surface area contributed by atoms with Crippen molar-refractivity contribution in [2.45, 2.75) is 12.3 Å². The molecule has 1 amide bonds. The van der Waals surface area contributed by atoms with Gasteiger partial charge in [-0.05, 0) is 29.1 Å². The molecule has 3 nitrogen and oxygen atoms in total. The molecule has 1 aromatic carbocycles. The second-order valence-corrected chi connectivity index (χ2v) is 5.62. The molecular formula is C16H15NO2S. The van der Waals surface area contributed by atoms with Crippen molar-refractivity contribution in [3.63, 3.8) is 0 Å². The van der Waals surface area contributed by atoms with Gasteiger partial charge in [0.15, 0.2) is 0 Å². The molecule has 102 valence electrons. The van der Waals surface area contributed by atoms with Crippen LogP contribution in [0.4, 0.5) is 5.69 Å². The Balaban J connectivity index is 1.86. The van der Waals surface area contributed by atoms with Crippen LogP contribution in [0.2, 0.25) is 0 Å². The number of rotatable bonds is 4. The summed E-state index contributed by atoms with van der Waals surface area (Å²) in [6.07, 6.45) is 2.22. The van der Waals surface area contributed by atoms with Gasteiger partial charge >= 0.3 is 0 Å². The highest BCUT2D eigenvalue weighted by Gasteiger charge is 2.27. The predicted octanol–water partition coefficient (Wildman–Crippen LogP) is 3.79. The molecule has 2 aromatic rings. The highest BCUT2D eigenvalue weighted by molar-refractivity contribution is 7.10. The fourth-order valence-corrected chi connectivity index (χ4v) is 3.37. The van der Waals surface area contributed by atoms with Crippen LogP contribution in [-0.2, 0) is 4.79 Å². The molecule has 0 spiro atoms. The number of benzene rings is 1. The molecule has 0 fully saturated rings. The molecule has 2 heterocycles. The summed E-state index contributed by atoms with van der Waals surface area (Å²) in [5.74, 6) is 1.04. The van der Waals surface area contributed by atoms with Crippen LogP contribution in [0.1, 0.15) is 22.8 Å². The van der Waals surface area contributed by atoms with E-state index in [0.29, 0.717) is 13.0 Å². The monoisotopic (exact) mass is 285 g/mol. The van der Waals surface area contributed by atoms with E-state index in [1.165, 1.54) is 4.88 Å². The van der Waals surface area contributed by atoms with Gasteiger partial charge in [0, 0.05) is 17.2 Å². The summed E-state index contributed by atoms with van der Waals surface area (Å²) in [4.78, 5) is 13.0. The Morgan fingerprint density at radius 3 is 2.90 bits per heavy atom. The van der Waals surface area contributed by atoms with Crippen LogP contribution in [0.25, 0.3) is 0 Å². The molecular weight excluding hydrogens is 270 g/mol. The Hall–Kier alpha value is -2.07. The molecule has 1 aromatic heterocycles. The Morgan fingerprint density at radius 2 is 2.15 bits per heavy atom. The first kappa shape index (κ1) is 12.9. The number of amides is 1. The van der Waals surface area contributed by atoms with Crippen molar-refractivity contribution in [2.75, 3.05) is 11.9 Å². The van der Waals surface area contributed by atoms with Gasteiger partial charge in [-0.2, -0.15) is 0 Å². The number of nitrogens with one attached hydrogen (secondary N) is 1. The number of ether oxygens (including phenoxy) is 1. The fraction of sp³-hybridized carbons (Fsp3) is 0.188. The highest BCUT2D eigenvalue weighted by Crippen LogP contribution is 2.40. The smallest absolute Gasteiger partial charge is 0.225 e. The summed E-state index contributed by atoms with van der Waals surface area (Å²) in [5, 5.41) is 4.93. The lowest BCUT2D eigenvalue weighted by Gasteiger charge is -2.23. The fourth-order valence-electron chi connectivity index (χ4n) is 2.39. The minimum absolute atomic E-state index is 0.0767. The zero-order valence-electron chi connectivity index (χ0n) is 11.0. The average Bonchev–Trinajstić information content (AvgIpc) is 2.93. The van der Waals surface area contributed by atoms with Crippen molar-refractivity contribution in [1.82, 2.24) is 0 Å². The van der Waals surface area contributed by atoms with E-state index in [0.717, 1.165) is 17.0 Å². The molecule has 0 bridgehead atoms. The number of hydrogen-bond donors (Lipinski definition) is 1. The molecule has 1 unspecified atom stereocenters. The van der Waals surface area contributed by atoms with Gasteiger partial charge in [0.05, 0.1) is 5.69 Å². The summed E-state index contributed by atoms with van der Waals surface area (Å²) in [6, 6.07) is 9.92. The molecule has 1 aliphatic rings. The molecule has 0 radical (unpaired) electrons. The van der Waals surface area contributed by atoms with Crippen molar-refractivity contribution in [3.8, 4) is 5.75 Å². The Kier molecular flexibility index (Phi) is 3.56. The van der Waals surface area contributed by atoms with Gasteiger partial charge in [0.25, 0.3) is 0 Å². The standard InChI is InChI=1S/C16H15NO2S/c1-2-8-19-12-5-3-11(4-6-12)13-10-15(18)17-14-7-9-20-16(13)14/h2-7,9,13H,1,8,10H2,(H,17,18). The molecule has 1 atom stereocenters. The topological polar surface area (TPSA) is 38.3 Å². The van der Waals surface area contributed by atoms with Gasteiger partial charge in [-0.1, -0.05) is 24.8 Å². The van der Waals surface area contributed by atoms with E-state index < -0.39 is 0 Å². The van der Waals surface area contributed by atoms with E-state index in [1.54, 1.807) is 17.4 Å². The second-order valence-electron chi connectivity index (χ2n) is 4.67. The van der Waals surface area contributed by atoms with Gasteiger partial charge < -0.3 is 10.1 Å². The maximum Gasteiger partial charge on any atom is 0.225 e. The normalized spacial score (nSPS) is 17.2. The minimum Gasteiger partial charge on any atom is -0.490 e. The third kappa shape index (κ3) is 2.47. The first-order valence-electron chi connectivity index (χ1n) is 6.49. The Labute approximate surface area is 121 Å². The predicted molar refractivity (Wildman–Crippen MR) is 81.5 cm³/mol. The molecule has 1 aliphatic heterocycles. The average molecular weight is 285 g/mol.